The largest absolute Gasteiger partial charge is 0.360 e. The molecule has 0 saturated carbocycles. The van der Waals surface area contributed by atoms with E-state index < -0.39 is 0 Å². The Bertz CT molecular complexity index is 275. The molecule has 1 rings (SSSR count). The highest BCUT2D eigenvalue weighted by atomic mass is 32.2. The van der Waals surface area contributed by atoms with Gasteiger partial charge in [0, 0.05) is 17.9 Å². The molecule has 0 spiro atoms. The lowest BCUT2D eigenvalue weighted by Crippen LogP contribution is -2.27. The van der Waals surface area contributed by atoms with Crippen LogP contribution in [0.5, 0.6) is 0 Å². The van der Waals surface area contributed by atoms with Crippen molar-refractivity contribution < 1.29 is 4.52 Å². The number of aromatic nitrogens is 1. The molecule has 1 atom stereocenters. The molecule has 0 saturated heterocycles. The summed E-state index contributed by atoms with van der Waals surface area (Å²) in [5.41, 5.74) is 1.06. The van der Waals surface area contributed by atoms with Gasteiger partial charge in [-0.2, -0.15) is 11.8 Å². The topological polar surface area (TPSA) is 38.1 Å². The van der Waals surface area contributed by atoms with Crippen LogP contribution in [0, 0.1) is 0 Å². The van der Waals surface area contributed by atoms with Crippen molar-refractivity contribution in [3.8, 4) is 0 Å². The Balaban J connectivity index is 2.30. The van der Waals surface area contributed by atoms with Crippen LogP contribution < -0.4 is 5.32 Å². The van der Waals surface area contributed by atoms with E-state index in [0.29, 0.717) is 6.04 Å². The molecular formula is C11H20N2OS. The number of nitrogens with zero attached hydrogens (tertiary/aromatic N) is 1. The fourth-order valence-electron chi connectivity index (χ4n) is 1.40. The molecule has 1 N–H and O–H groups in total. The fourth-order valence-corrected chi connectivity index (χ4v) is 2.01. The Kier molecular flexibility index (Phi) is 5.79. The van der Waals surface area contributed by atoms with Gasteiger partial charge in [-0.05, 0) is 19.6 Å². The molecule has 86 valence electrons. The zero-order valence-electron chi connectivity index (χ0n) is 9.75. The lowest BCUT2D eigenvalue weighted by molar-refractivity contribution is 0.363. The Morgan fingerprint density at radius 2 is 2.40 bits per heavy atom. The first-order valence-corrected chi connectivity index (χ1v) is 6.82. The summed E-state index contributed by atoms with van der Waals surface area (Å²) in [4.78, 5) is 0. The smallest absolute Gasteiger partial charge is 0.150 e. The first-order chi connectivity index (χ1) is 7.26. The van der Waals surface area contributed by atoms with E-state index in [1.54, 1.807) is 0 Å². The average molecular weight is 228 g/mol. The maximum atomic E-state index is 5.23. The van der Waals surface area contributed by atoms with Crippen molar-refractivity contribution in [2.75, 3.05) is 12.0 Å². The monoisotopic (exact) mass is 228 g/mol. The van der Waals surface area contributed by atoms with Gasteiger partial charge in [-0.25, -0.2) is 0 Å². The zero-order chi connectivity index (χ0) is 11.1. The van der Waals surface area contributed by atoms with E-state index >= 15 is 0 Å². The van der Waals surface area contributed by atoms with Gasteiger partial charge in [0.25, 0.3) is 0 Å². The first kappa shape index (κ1) is 12.6. The van der Waals surface area contributed by atoms with Gasteiger partial charge in [0.05, 0.1) is 12.2 Å². The molecule has 0 aromatic carbocycles. The van der Waals surface area contributed by atoms with Gasteiger partial charge >= 0.3 is 0 Å². The lowest BCUT2D eigenvalue weighted by Gasteiger charge is -2.09. The summed E-state index contributed by atoms with van der Waals surface area (Å²) in [6.45, 7) is 5.10. The standard InChI is InChI=1S/C11H20N2OS/c1-4-5-10-6-11(14-13-10)7-12-9(2)8-15-3/h6,9,12H,4-5,7-8H2,1-3H3/t9-/m0/s1. The van der Waals surface area contributed by atoms with Crippen molar-refractivity contribution in [3.05, 3.63) is 17.5 Å². The Morgan fingerprint density at radius 3 is 3.07 bits per heavy atom. The van der Waals surface area contributed by atoms with Gasteiger partial charge in [-0.1, -0.05) is 18.5 Å². The van der Waals surface area contributed by atoms with Crippen molar-refractivity contribution in [1.82, 2.24) is 10.5 Å². The minimum atomic E-state index is 0.514. The third-order valence-electron chi connectivity index (χ3n) is 2.16. The summed E-state index contributed by atoms with van der Waals surface area (Å²) in [5, 5.41) is 7.41. The van der Waals surface area contributed by atoms with Crippen LogP contribution in [0.1, 0.15) is 31.7 Å². The summed E-state index contributed by atoms with van der Waals surface area (Å²) in [6, 6.07) is 2.56. The molecule has 1 aromatic heterocycles. The molecule has 0 aliphatic carbocycles. The fraction of sp³-hybridized carbons (Fsp3) is 0.727. The average Bonchev–Trinajstić information content (AvgIpc) is 2.64. The molecule has 1 heterocycles. The molecule has 0 radical (unpaired) electrons. The lowest BCUT2D eigenvalue weighted by atomic mass is 10.2. The molecular weight excluding hydrogens is 208 g/mol. The molecule has 0 amide bonds. The molecule has 0 fully saturated rings. The number of hydrogen-bond donors (Lipinski definition) is 1. The van der Waals surface area contributed by atoms with E-state index in [1.165, 1.54) is 0 Å². The highest BCUT2D eigenvalue weighted by Gasteiger charge is 2.05. The molecule has 0 aliphatic rings. The number of aryl methyl sites for hydroxylation is 1. The second-order valence-corrected chi connectivity index (χ2v) is 4.68. The van der Waals surface area contributed by atoms with Crippen LogP contribution in [0.2, 0.25) is 0 Å². The molecule has 15 heavy (non-hydrogen) atoms. The SMILES string of the molecule is CCCc1cc(CN[C@@H](C)CSC)on1. The summed E-state index contributed by atoms with van der Waals surface area (Å²) < 4.78 is 5.23. The second-order valence-electron chi connectivity index (χ2n) is 3.77. The normalized spacial score (nSPS) is 13.0. The van der Waals surface area contributed by atoms with E-state index in [2.05, 4.69) is 30.6 Å². The van der Waals surface area contributed by atoms with Gasteiger partial charge < -0.3 is 9.84 Å². The Hall–Kier alpha value is -0.480. The van der Waals surface area contributed by atoms with Gasteiger partial charge in [0.1, 0.15) is 0 Å². The minimum absolute atomic E-state index is 0.514. The third-order valence-corrected chi connectivity index (χ3v) is 2.99. The number of hydrogen-bond acceptors (Lipinski definition) is 4. The zero-order valence-corrected chi connectivity index (χ0v) is 10.6. The molecule has 1 aromatic rings. The molecule has 0 unspecified atom stereocenters. The van der Waals surface area contributed by atoms with Crippen LogP contribution in [0.3, 0.4) is 0 Å². The Labute approximate surface area is 96.0 Å². The van der Waals surface area contributed by atoms with Crippen LogP contribution in [0.4, 0.5) is 0 Å². The third kappa shape index (κ3) is 4.71. The molecule has 0 bridgehead atoms. The van der Waals surface area contributed by atoms with Crippen molar-refractivity contribution in [3.63, 3.8) is 0 Å². The molecule has 4 heteroatoms. The van der Waals surface area contributed by atoms with Crippen molar-refractivity contribution in [1.29, 1.82) is 0 Å². The van der Waals surface area contributed by atoms with Gasteiger partial charge in [0.2, 0.25) is 0 Å². The maximum Gasteiger partial charge on any atom is 0.150 e. The minimum Gasteiger partial charge on any atom is -0.360 e. The highest BCUT2D eigenvalue weighted by Crippen LogP contribution is 2.06. The van der Waals surface area contributed by atoms with Gasteiger partial charge in [-0.3, -0.25) is 0 Å². The van der Waals surface area contributed by atoms with Crippen molar-refractivity contribution >= 4 is 11.8 Å². The number of nitrogens with one attached hydrogen (secondary N) is 1. The summed E-state index contributed by atoms with van der Waals surface area (Å²) in [7, 11) is 0. The molecule has 3 nitrogen and oxygen atoms in total. The van der Waals surface area contributed by atoms with E-state index in [1.807, 2.05) is 17.8 Å². The van der Waals surface area contributed by atoms with Crippen LogP contribution in [-0.2, 0) is 13.0 Å². The second kappa shape index (κ2) is 6.90. The van der Waals surface area contributed by atoms with Crippen molar-refractivity contribution in [2.24, 2.45) is 0 Å². The van der Waals surface area contributed by atoms with Crippen LogP contribution >= 0.6 is 11.8 Å². The van der Waals surface area contributed by atoms with Crippen LogP contribution in [0.15, 0.2) is 10.6 Å². The van der Waals surface area contributed by atoms with Crippen LogP contribution in [-0.4, -0.2) is 23.2 Å². The predicted molar refractivity (Wildman–Crippen MR) is 65.2 cm³/mol. The molecule has 0 aliphatic heterocycles. The van der Waals surface area contributed by atoms with Crippen LogP contribution in [0.25, 0.3) is 0 Å². The van der Waals surface area contributed by atoms with E-state index in [-0.39, 0.29) is 0 Å². The predicted octanol–water partition coefficient (Wildman–Crippen LogP) is 2.47. The van der Waals surface area contributed by atoms with Gasteiger partial charge in [0.15, 0.2) is 5.76 Å². The Morgan fingerprint density at radius 1 is 1.60 bits per heavy atom. The summed E-state index contributed by atoms with van der Waals surface area (Å²) in [6.07, 6.45) is 4.23. The van der Waals surface area contributed by atoms with E-state index in [4.69, 9.17) is 4.52 Å². The summed E-state index contributed by atoms with van der Waals surface area (Å²) in [5.74, 6) is 2.06. The summed E-state index contributed by atoms with van der Waals surface area (Å²) >= 11 is 1.85. The van der Waals surface area contributed by atoms with E-state index in [0.717, 1.165) is 36.6 Å². The first-order valence-electron chi connectivity index (χ1n) is 5.43. The maximum absolute atomic E-state index is 5.23. The number of thioether (sulfide) groups is 1. The van der Waals surface area contributed by atoms with Crippen molar-refractivity contribution in [2.45, 2.75) is 39.3 Å². The highest BCUT2D eigenvalue weighted by molar-refractivity contribution is 7.98. The quantitative estimate of drug-likeness (QED) is 0.778. The number of rotatable bonds is 7. The van der Waals surface area contributed by atoms with E-state index in [9.17, 15) is 0 Å². The van der Waals surface area contributed by atoms with Gasteiger partial charge in [-0.15, -0.1) is 0 Å².